The molecule has 0 saturated carbocycles. The van der Waals surface area contributed by atoms with Crippen LogP contribution in [-0.4, -0.2) is 42.7 Å². The molecule has 0 spiro atoms. The minimum Gasteiger partial charge on any atom is -0.494 e. The molecule has 0 aliphatic heterocycles. The molecule has 3 rings (SSSR count). The summed E-state index contributed by atoms with van der Waals surface area (Å²) in [4.78, 5) is 17.7. The van der Waals surface area contributed by atoms with Crippen molar-refractivity contribution in [1.29, 1.82) is 5.26 Å². The number of nitriles is 1. The van der Waals surface area contributed by atoms with Crippen LogP contribution in [0.15, 0.2) is 48.7 Å². The van der Waals surface area contributed by atoms with Crippen molar-refractivity contribution in [3.05, 3.63) is 71.2 Å². The fourth-order valence-electron chi connectivity index (χ4n) is 3.13. The molecule has 0 saturated heterocycles. The van der Waals surface area contributed by atoms with Gasteiger partial charge >= 0.3 is 0 Å². The van der Waals surface area contributed by atoms with Crippen molar-refractivity contribution in [2.24, 2.45) is 0 Å². The fraction of sp³-hybridized carbons (Fsp3) is 0.269. The molecule has 33 heavy (non-hydrogen) atoms. The van der Waals surface area contributed by atoms with Crippen LogP contribution in [0.25, 0.3) is 10.9 Å². The first-order valence-corrected chi connectivity index (χ1v) is 9.87. The van der Waals surface area contributed by atoms with Crippen molar-refractivity contribution in [1.82, 2.24) is 9.88 Å². The van der Waals surface area contributed by atoms with Gasteiger partial charge in [-0.3, -0.25) is 9.78 Å². The molecule has 2 aromatic carbocycles. The topological polar surface area (TPSA) is 78.3 Å². The first kappa shape index (κ1) is 15.1. The van der Waals surface area contributed by atoms with Crippen LogP contribution in [0.3, 0.4) is 0 Å². The van der Waals surface area contributed by atoms with Gasteiger partial charge in [-0.25, -0.2) is 4.39 Å². The summed E-state index contributed by atoms with van der Waals surface area (Å²) in [6.45, 7) is -4.93. The van der Waals surface area contributed by atoms with Gasteiger partial charge in [-0.15, -0.1) is 0 Å². The standard InChI is InChI=1S/C26H27FN4O2/c1-5-33-25-14-24-22(13-18(25)12-21(32)7-6-10-31(3)4)26(19(15-28)16-29-24)30-20-8-9-23(27)17(2)11-20/h6-9,11,13-14,16H,5,10,12H2,1-4H3,(H,29,30)/b7-6+/i3D3,5D2,7D,10D2. The molecular weight excluding hydrogens is 419 g/mol. The van der Waals surface area contributed by atoms with Gasteiger partial charge in [-0.05, 0) is 63.8 Å². The average Bonchev–Trinajstić information content (AvgIpc) is 2.84. The van der Waals surface area contributed by atoms with E-state index in [2.05, 4.69) is 10.3 Å². The highest BCUT2D eigenvalue weighted by Gasteiger charge is 2.16. The van der Waals surface area contributed by atoms with Crippen molar-refractivity contribution >= 4 is 28.1 Å². The maximum Gasteiger partial charge on any atom is 0.159 e. The number of anilines is 2. The Hall–Kier alpha value is -3.76. The number of aryl methyl sites for hydroxylation is 1. The number of ether oxygens (including phenoxy) is 1. The number of ketones is 1. The number of hydrogen-bond donors (Lipinski definition) is 1. The molecule has 0 radical (unpaired) electrons. The maximum absolute atomic E-state index is 13.8. The summed E-state index contributed by atoms with van der Waals surface area (Å²) in [7, 11) is 0.997. The minimum absolute atomic E-state index is 0.0745. The van der Waals surface area contributed by atoms with Crippen LogP contribution in [0.4, 0.5) is 15.8 Å². The molecule has 3 aromatic rings. The molecule has 0 aliphatic rings. The zero-order valence-electron chi connectivity index (χ0n) is 26.3. The van der Waals surface area contributed by atoms with E-state index >= 15 is 0 Å². The summed E-state index contributed by atoms with van der Waals surface area (Å²) in [6, 6.07) is 8.31. The third kappa shape index (κ3) is 5.93. The number of carbonyl (C=O) groups excluding carboxylic acids is 1. The molecule has 6 nitrogen and oxygen atoms in total. The van der Waals surface area contributed by atoms with Crippen LogP contribution >= 0.6 is 0 Å². The number of likely N-dealkylation sites (N-methyl/N-ethyl adjacent to an activating group) is 1. The van der Waals surface area contributed by atoms with Gasteiger partial charge in [0.25, 0.3) is 0 Å². The summed E-state index contributed by atoms with van der Waals surface area (Å²) in [5, 5.41) is 13.1. The second-order valence-electron chi connectivity index (χ2n) is 7.11. The lowest BCUT2D eigenvalue weighted by molar-refractivity contribution is -0.114. The molecule has 170 valence electrons. The Labute approximate surface area is 204 Å². The van der Waals surface area contributed by atoms with E-state index in [0.717, 1.165) is 14.0 Å². The molecular formula is C26H27FN4O2. The van der Waals surface area contributed by atoms with Gasteiger partial charge < -0.3 is 15.0 Å². The number of pyridine rings is 1. The number of fused-ring (bicyclic) bond motifs is 1. The highest BCUT2D eigenvalue weighted by atomic mass is 19.1. The third-order valence-electron chi connectivity index (χ3n) is 4.65. The highest BCUT2D eigenvalue weighted by molar-refractivity contribution is 5.98. The van der Waals surface area contributed by atoms with E-state index in [1.807, 2.05) is 6.07 Å². The van der Waals surface area contributed by atoms with Crippen molar-refractivity contribution in [2.45, 2.75) is 20.3 Å². The molecule has 1 heterocycles. The summed E-state index contributed by atoms with van der Waals surface area (Å²) >= 11 is 0. The largest absolute Gasteiger partial charge is 0.494 e. The number of halogens is 1. The van der Waals surface area contributed by atoms with Crippen molar-refractivity contribution in [3.63, 3.8) is 0 Å². The number of allylic oxidation sites excluding steroid dienone is 1. The minimum atomic E-state index is -2.83. The number of rotatable bonds is 9. The van der Waals surface area contributed by atoms with Gasteiger partial charge in [-0.2, -0.15) is 5.26 Å². The van der Waals surface area contributed by atoms with Crippen LogP contribution in [0.5, 0.6) is 5.75 Å². The van der Waals surface area contributed by atoms with Crippen LogP contribution in [-0.2, 0) is 11.2 Å². The Morgan fingerprint density at radius 2 is 2.27 bits per heavy atom. The molecule has 1 aromatic heterocycles. The Morgan fingerprint density at radius 3 is 2.97 bits per heavy atom. The number of carbonyl (C=O) groups is 1. The lowest BCUT2D eigenvalue weighted by atomic mass is 10.0. The van der Waals surface area contributed by atoms with E-state index in [1.165, 1.54) is 36.5 Å². The molecule has 0 unspecified atom stereocenters. The third-order valence-corrected chi connectivity index (χ3v) is 4.65. The number of nitrogens with one attached hydrogen (secondary N) is 1. The molecule has 0 amide bonds. The van der Waals surface area contributed by atoms with E-state index in [1.54, 1.807) is 6.92 Å². The van der Waals surface area contributed by atoms with Crippen LogP contribution < -0.4 is 10.1 Å². The predicted molar refractivity (Wildman–Crippen MR) is 128 cm³/mol. The lowest BCUT2D eigenvalue weighted by Crippen LogP contribution is -2.11. The highest BCUT2D eigenvalue weighted by Crippen LogP contribution is 2.34. The molecule has 7 heteroatoms. The van der Waals surface area contributed by atoms with Gasteiger partial charge in [0.15, 0.2) is 5.78 Å². The normalized spacial score (nSPS) is 16.3. The zero-order chi connectivity index (χ0) is 30.9. The van der Waals surface area contributed by atoms with E-state index < -0.39 is 44.1 Å². The van der Waals surface area contributed by atoms with E-state index in [0.29, 0.717) is 27.6 Å². The monoisotopic (exact) mass is 454 g/mol. The lowest BCUT2D eigenvalue weighted by Gasteiger charge is -2.15. The SMILES string of the molecule is [2H]/C(=C\C([2H])([2H])N(C)C([2H])([2H])[2H])C(=O)Cc1cc2c(Nc3ccc(F)c(C)c3)c(C#N)cnc2cc1OC([2H])([2H])C. The first-order valence-electron chi connectivity index (χ1n) is 13.9. The predicted octanol–water partition coefficient (Wildman–Crippen LogP) is 4.93. The Morgan fingerprint density at radius 1 is 1.45 bits per heavy atom. The van der Waals surface area contributed by atoms with Gasteiger partial charge in [0.1, 0.15) is 17.6 Å². The summed E-state index contributed by atoms with van der Waals surface area (Å²) in [6.07, 6.45) is 1.34. The average molecular weight is 455 g/mol. The second kappa shape index (κ2) is 10.7. The van der Waals surface area contributed by atoms with Crippen LogP contribution in [0.1, 0.15) is 34.6 Å². The summed E-state index contributed by atoms with van der Waals surface area (Å²) in [5.74, 6) is -1.39. The van der Waals surface area contributed by atoms with Crippen molar-refractivity contribution in [2.75, 3.05) is 32.4 Å². The van der Waals surface area contributed by atoms with Crippen LogP contribution in [0, 0.1) is 24.1 Å². The summed E-state index contributed by atoms with van der Waals surface area (Å²) in [5.41, 5.74) is 1.61. The summed E-state index contributed by atoms with van der Waals surface area (Å²) < 4.78 is 81.3. The second-order valence-corrected chi connectivity index (χ2v) is 7.11. The quantitative estimate of drug-likeness (QED) is 0.462. The number of aromatic nitrogens is 1. The van der Waals surface area contributed by atoms with Gasteiger partial charge in [0, 0.05) is 48.7 Å². The molecule has 0 fully saturated rings. The fourth-order valence-corrected chi connectivity index (χ4v) is 3.13. The number of benzene rings is 2. The van der Waals surface area contributed by atoms with Gasteiger partial charge in [-0.1, -0.05) is 6.08 Å². The smallest absolute Gasteiger partial charge is 0.159 e. The zero-order valence-corrected chi connectivity index (χ0v) is 18.3. The van der Waals surface area contributed by atoms with Crippen LogP contribution in [0.2, 0.25) is 0 Å². The first-order chi connectivity index (χ1) is 18.8. The Bertz CT molecular complexity index is 1560. The Balaban J connectivity index is 2.13. The van der Waals surface area contributed by atoms with Crippen molar-refractivity contribution in [3.8, 4) is 11.8 Å². The maximum atomic E-state index is 13.8. The number of hydrogen-bond acceptors (Lipinski definition) is 6. The van der Waals surface area contributed by atoms with Crippen molar-refractivity contribution < 1.29 is 24.9 Å². The molecule has 0 aliphatic carbocycles. The van der Waals surface area contributed by atoms with E-state index in [-0.39, 0.29) is 28.1 Å². The molecule has 1 N–H and O–H groups in total. The molecule has 0 bridgehead atoms. The van der Waals surface area contributed by atoms with Gasteiger partial charge in [0.2, 0.25) is 0 Å². The van der Waals surface area contributed by atoms with E-state index in [4.69, 9.17) is 15.7 Å². The Kier molecular flexibility index (Phi) is 4.91. The molecule has 0 atom stereocenters. The van der Waals surface area contributed by atoms with Gasteiger partial charge in [0.05, 0.1) is 27.4 Å². The van der Waals surface area contributed by atoms with E-state index in [9.17, 15) is 14.4 Å². The number of nitrogens with zero attached hydrogens (tertiary/aromatic N) is 3.